The summed E-state index contributed by atoms with van der Waals surface area (Å²) in [5.41, 5.74) is 2.54. The molecule has 0 radical (unpaired) electrons. The van der Waals surface area contributed by atoms with Crippen molar-refractivity contribution in [3.05, 3.63) is 35.0 Å². The van der Waals surface area contributed by atoms with Gasteiger partial charge in [-0.25, -0.2) is 9.78 Å². The molecule has 1 aliphatic carbocycles. The minimum Gasteiger partial charge on any atom is -0.478 e. The molecule has 4 heteroatoms. The number of carbonyl (C=O) groups is 1. The minimum atomic E-state index is -0.938. The predicted octanol–water partition coefficient (Wildman–Crippen LogP) is 3.39. The smallest absolute Gasteiger partial charge is 0.339 e. The van der Waals surface area contributed by atoms with Crippen molar-refractivity contribution in [1.29, 1.82) is 0 Å². The Morgan fingerprint density at radius 1 is 1.42 bits per heavy atom. The van der Waals surface area contributed by atoms with E-state index in [2.05, 4.69) is 16.4 Å². The van der Waals surface area contributed by atoms with Gasteiger partial charge in [0, 0.05) is 12.2 Å². The van der Waals surface area contributed by atoms with Crippen molar-refractivity contribution in [2.45, 2.75) is 39.0 Å². The van der Waals surface area contributed by atoms with Crippen molar-refractivity contribution >= 4 is 11.8 Å². The number of carboxylic acids is 1. The Kier molecular flexibility index (Phi) is 4.55. The first-order valence-electron chi connectivity index (χ1n) is 6.79. The molecule has 0 saturated carbocycles. The number of carboxylic acid groups (broad SMARTS) is 1. The van der Waals surface area contributed by atoms with E-state index in [1.807, 2.05) is 6.92 Å². The van der Waals surface area contributed by atoms with Crippen LogP contribution in [-0.4, -0.2) is 22.6 Å². The van der Waals surface area contributed by atoms with Crippen molar-refractivity contribution in [1.82, 2.24) is 4.98 Å². The summed E-state index contributed by atoms with van der Waals surface area (Å²) in [4.78, 5) is 15.4. The average Bonchev–Trinajstić information content (AvgIpc) is 2.39. The number of nitrogens with zero attached hydrogens (tertiary/aromatic N) is 1. The van der Waals surface area contributed by atoms with Gasteiger partial charge in [-0.3, -0.25) is 0 Å². The summed E-state index contributed by atoms with van der Waals surface area (Å²) in [6.45, 7) is 2.60. The van der Waals surface area contributed by atoms with Gasteiger partial charge in [0.15, 0.2) is 0 Å². The first-order valence-corrected chi connectivity index (χ1v) is 6.79. The number of aromatic nitrogens is 1. The molecule has 0 saturated heterocycles. The summed E-state index contributed by atoms with van der Waals surface area (Å²) >= 11 is 0. The van der Waals surface area contributed by atoms with Crippen LogP contribution in [0.4, 0.5) is 5.82 Å². The van der Waals surface area contributed by atoms with Crippen LogP contribution < -0.4 is 5.32 Å². The zero-order valence-electron chi connectivity index (χ0n) is 11.3. The molecular weight excluding hydrogens is 240 g/mol. The molecule has 19 heavy (non-hydrogen) atoms. The highest BCUT2D eigenvalue weighted by Crippen LogP contribution is 2.20. The summed E-state index contributed by atoms with van der Waals surface area (Å²) in [6, 6.07) is 3.32. The van der Waals surface area contributed by atoms with E-state index in [0.717, 1.165) is 18.7 Å². The van der Waals surface area contributed by atoms with Gasteiger partial charge in [-0.1, -0.05) is 11.6 Å². The van der Waals surface area contributed by atoms with Crippen molar-refractivity contribution in [2.24, 2.45) is 0 Å². The van der Waals surface area contributed by atoms with Gasteiger partial charge < -0.3 is 10.4 Å². The normalized spacial score (nSPS) is 14.9. The van der Waals surface area contributed by atoms with Gasteiger partial charge in [-0.05, 0) is 51.2 Å². The molecule has 1 heterocycles. The predicted molar refractivity (Wildman–Crippen MR) is 75.6 cm³/mol. The monoisotopic (exact) mass is 260 g/mol. The molecule has 0 aliphatic heterocycles. The van der Waals surface area contributed by atoms with Gasteiger partial charge >= 0.3 is 5.97 Å². The molecule has 0 bridgehead atoms. The fourth-order valence-corrected chi connectivity index (χ4v) is 2.34. The van der Waals surface area contributed by atoms with E-state index >= 15 is 0 Å². The van der Waals surface area contributed by atoms with E-state index in [1.54, 1.807) is 12.1 Å². The third-order valence-electron chi connectivity index (χ3n) is 3.39. The first kappa shape index (κ1) is 13.6. The Bertz CT molecular complexity index is 495. The fraction of sp³-hybridized carbons (Fsp3) is 0.467. The SMILES string of the molecule is Cc1ccc(C(=O)O)c(NCCC2=CCCCC2)n1. The van der Waals surface area contributed by atoms with Crippen molar-refractivity contribution in [3.63, 3.8) is 0 Å². The number of pyridine rings is 1. The Labute approximate surface area is 113 Å². The Morgan fingerprint density at radius 3 is 2.95 bits per heavy atom. The summed E-state index contributed by atoms with van der Waals surface area (Å²) in [5, 5.41) is 12.3. The molecule has 1 aromatic heterocycles. The summed E-state index contributed by atoms with van der Waals surface area (Å²) in [5.74, 6) is -0.462. The molecule has 0 atom stereocenters. The van der Waals surface area contributed by atoms with Crippen LogP contribution in [0.1, 0.15) is 48.2 Å². The van der Waals surface area contributed by atoms with Crippen LogP contribution in [0.5, 0.6) is 0 Å². The summed E-state index contributed by atoms with van der Waals surface area (Å²) < 4.78 is 0. The molecule has 2 rings (SSSR count). The van der Waals surface area contributed by atoms with E-state index < -0.39 is 5.97 Å². The van der Waals surface area contributed by atoms with Gasteiger partial charge in [0.25, 0.3) is 0 Å². The van der Waals surface area contributed by atoms with Crippen LogP contribution in [0.25, 0.3) is 0 Å². The number of rotatable bonds is 5. The number of aryl methyl sites for hydroxylation is 1. The van der Waals surface area contributed by atoms with Crippen molar-refractivity contribution in [3.8, 4) is 0 Å². The number of allylic oxidation sites excluding steroid dienone is 1. The second-order valence-corrected chi connectivity index (χ2v) is 4.94. The van der Waals surface area contributed by atoms with Crippen LogP contribution in [0.15, 0.2) is 23.8 Å². The number of nitrogens with one attached hydrogen (secondary N) is 1. The van der Waals surface area contributed by atoms with E-state index in [-0.39, 0.29) is 5.56 Å². The maximum atomic E-state index is 11.1. The quantitative estimate of drug-likeness (QED) is 0.797. The maximum absolute atomic E-state index is 11.1. The second-order valence-electron chi connectivity index (χ2n) is 4.94. The molecule has 0 unspecified atom stereocenters. The molecule has 2 N–H and O–H groups in total. The largest absolute Gasteiger partial charge is 0.478 e. The number of anilines is 1. The first-order chi connectivity index (χ1) is 9.16. The highest BCUT2D eigenvalue weighted by atomic mass is 16.4. The minimum absolute atomic E-state index is 0.239. The zero-order chi connectivity index (χ0) is 13.7. The Morgan fingerprint density at radius 2 is 2.26 bits per heavy atom. The fourth-order valence-electron chi connectivity index (χ4n) is 2.34. The second kappa shape index (κ2) is 6.36. The van der Waals surface area contributed by atoms with Gasteiger partial charge in [0.05, 0.1) is 0 Å². The molecule has 102 valence electrons. The topological polar surface area (TPSA) is 62.2 Å². The molecule has 1 aromatic rings. The lowest BCUT2D eigenvalue weighted by atomic mass is 9.97. The van der Waals surface area contributed by atoms with Crippen LogP contribution in [-0.2, 0) is 0 Å². The van der Waals surface area contributed by atoms with Crippen molar-refractivity contribution < 1.29 is 9.90 Å². The third-order valence-corrected chi connectivity index (χ3v) is 3.39. The molecule has 1 aliphatic rings. The lowest BCUT2D eigenvalue weighted by molar-refractivity contribution is 0.0697. The number of aromatic carboxylic acids is 1. The maximum Gasteiger partial charge on any atom is 0.339 e. The van der Waals surface area contributed by atoms with Crippen molar-refractivity contribution in [2.75, 3.05) is 11.9 Å². The summed E-state index contributed by atoms with van der Waals surface area (Å²) in [6.07, 6.45) is 8.20. The lowest BCUT2D eigenvalue weighted by Gasteiger charge is -2.14. The molecule has 0 aromatic carbocycles. The highest BCUT2D eigenvalue weighted by Gasteiger charge is 2.11. The van der Waals surface area contributed by atoms with Gasteiger partial charge in [0.1, 0.15) is 11.4 Å². The van der Waals surface area contributed by atoms with E-state index in [9.17, 15) is 4.79 Å². The van der Waals surface area contributed by atoms with Gasteiger partial charge in [-0.15, -0.1) is 0 Å². The molecule has 0 amide bonds. The van der Waals surface area contributed by atoms with Gasteiger partial charge in [-0.2, -0.15) is 0 Å². The van der Waals surface area contributed by atoms with E-state index in [0.29, 0.717) is 5.82 Å². The van der Waals surface area contributed by atoms with Crippen LogP contribution >= 0.6 is 0 Å². The van der Waals surface area contributed by atoms with E-state index in [1.165, 1.54) is 31.3 Å². The average molecular weight is 260 g/mol. The molecule has 0 fully saturated rings. The van der Waals surface area contributed by atoms with Gasteiger partial charge in [0.2, 0.25) is 0 Å². The summed E-state index contributed by atoms with van der Waals surface area (Å²) in [7, 11) is 0. The van der Waals surface area contributed by atoms with Crippen LogP contribution in [0.2, 0.25) is 0 Å². The molecule has 4 nitrogen and oxygen atoms in total. The van der Waals surface area contributed by atoms with Crippen LogP contribution in [0, 0.1) is 6.92 Å². The highest BCUT2D eigenvalue weighted by molar-refractivity contribution is 5.93. The molecule has 0 spiro atoms. The Balaban J connectivity index is 1.96. The zero-order valence-corrected chi connectivity index (χ0v) is 11.3. The standard InChI is InChI=1S/C15H20N2O2/c1-11-7-8-13(15(18)19)14(17-11)16-10-9-12-5-3-2-4-6-12/h5,7-8H,2-4,6,9-10H2,1H3,(H,16,17)(H,18,19). The van der Waals surface area contributed by atoms with E-state index in [4.69, 9.17) is 5.11 Å². The number of hydrogen-bond acceptors (Lipinski definition) is 3. The third kappa shape index (κ3) is 3.81. The number of hydrogen-bond donors (Lipinski definition) is 2. The van der Waals surface area contributed by atoms with Crippen LogP contribution in [0.3, 0.4) is 0 Å². The molecular formula is C15H20N2O2. The Hall–Kier alpha value is -1.84. The lowest BCUT2D eigenvalue weighted by Crippen LogP contribution is -2.11.